The molecule has 0 amide bonds. The lowest BCUT2D eigenvalue weighted by atomic mass is 10.4. The third-order valence-corrected chi connectivity index (χ3v) is 3.38. The van der Waals surface area contributed by atoms with Gasteiger partial charge in [0.2, 0.25) is 10.0 Å². The Kier molecular flexibility index (Phi) is 4.21. The van der Waals surface area contributed by atoms with Crippen LogP contribution in [0.15, 0.2) is 27.8 Å². The highest BCUT2D eigenvalue weighted by molar-refractivity contribution is 9.10. The fraction of sp³-hybridized carbons (Fsp3) is 0.375. The van der Waals surface area contributed by atoms with E-state index in [0.29, 0.717) is 4.47 Å². The maximum atomic E-state index is 11.6. The molecule has 0 radical (unpaired) electrons. The van der Waals surface area contributed by atoms with Crippen LogP contribution in [0.3, 0.4) is 0 Å². The second-order valence-corrected chi connectivity index (χ2v) is 5.72. The first-order chi connectivity index (χ1) is 6.92. The highest BCUT2D eigenvalue weighted by Gasteiger charge is 2.14. The molecule has 0 aliphatic carbocycles. The highest BCUT2D eigenvalue weighted by atomic mass is 79.9. The Bertz CT molecular complexity index is 433. The lowest BCUT2D eigenvalue weighted by molar-refractivity contribution is 0.198. The summed E-state index contributed by atoms with van der Waals surface area (Å²) >= 11 is 3.13. The summed E-state index contributed by atoms with van der Waals surface area (Å²) in [6.07, 6.45) is 2.02. The molecule has 0 unspecified atom stereocenters. The third kappa shape index (κ3) is 3.86. The van der Waals surface area contributed by atoms with Crippen molar-refractivity contribution >= 4 is 26.0 Å². The predicted octanol–water partition coefficient (Wildman–Crippen LogP) is 0.503. The average molecular weight is 295 g/mol. The quantitative estimate of drug-likeness (QED) is 0.848. The van der Waals surface area contributed by atoms with E-state index < -0.39 is 16.1 Å². The van der Waals surface area contributed by atoms with Crippen molar-refractivity contribution in [3.05, 3.63) is 22.9 Å². The van der Waals surface area contributed by atoms with Gasteiger partial charge in [-0.3, -0.25) is 4.98 Å². The summed E-state index contributed by atoms with van der Waals surface area (Å²) in [5, 5.41) is 8.97. The first-order valence-corrected chi connectivity index (χ1v) is 6.48. The van der Waals surface area contributed by atoms with Gasteiger partial charge in [-0.15, -0.1) is 0 Å². The van der Waals surface area contributed by atoms with Crippen LogP contribution in [-0.2, 0) is 10.0 Å². The van der Waals surface area contributed by atoms with E-state index in [1.54, 1.807) is 0 Å². The first-order valence-electron chi connectivity index (χ1n) is 4.20. The molecule has 1 aromatic heterocycles. The smallest absolute Gasteiger partial charge is 0.242 e. The maximum Gasteiger partial charge on any atom is 0.242 e. The van der Waals surface area contributed by atoms with Crippen molar-refractivity contribution in [3.8, 4) is 0 Å². The van der Waals surface area contributed by atoms with Gasteiger partial charge < -0.3 is 5.11 Å². The summed E-state index contributed by atoms with van der Waals surface area (Å²) in [5.41, 5.74) is 0. The van der Waals surface area contributed by atoms with Crippen molar-refractivity contribution in [3.63, 3.8) is 0 Å². The van der Waals surface area contributed by atoms with Gasteiger partial charge in [0.25, 0.3) is 0 Å². The SMILES string of the molecule is C[C@H](O)CNS(=O)(=O)c1cncc(Br)c1. The molecule has 15 heavy (non-hydrogen) atoms. The van der Waals surface area contributed by atoms with Crippen LogP contribution < -0.4 is 4.72 Å². The minimum Gasteiger partial charge on any atom is -0.392 e. The van der Waals surface area contributed by atoms with Crippen LogP contribution in [0.2, 0.25) is 0 Å². The number of hydrogen-bond donors (Lipinski definition) is 2. The van der Waals surface area contributed by atoms with E-state index >= 15 is 0 Å². The number of nitrogens with one attached hydrogen (secondary N) is 1. The average Bonchev–Trinajstić information content (AvgIpc) is 2.15. The maximum absolute atomic E-state index is 11.6. The Morgan fingerprint density at radius 1 is 1.60 bits per heavy atom. The summed E-state index contributed by atoms with van der Waals surface area (Å²) < 4.78 is 26.1. The molecule has 1 atom stereocenters. The molecule has 84 valence electrons. The Hall–Kier alpha value is -0.500. The molecule has 0 aromatic carbocycles. The van der Waals surface area contributed by atoms with Crippen molar-refractivity contribution < 1.29 is 13.5 Å². The van der Waals surface area contributed by atoms with Gasteiger partial charge in [0.05, 0.1) is 6.10 Å². The van der Waals surface area contributed by atoms with Crippen molar-refractivity contribution in [2.75, 3.05) is 6.54 Å². The largest absolute Gasteiger partial charge is 0.392 e. The zero-order valence-electron chi connectivity index (χ0n) is 8.01. The van der Waals surface area contributed by atoms with Crippen LogP contribution in [0, 0.1) is 0 Å². The van der Waals surface area contributed by atoms with Gasteiger partial charge in [-0.1, -0.05) is 0 Å². The van der Waals surface area contributed by atoms with Crippen LogP contribution in [0.5, 0.6) is 0 Å². The zero-order valence-corrected chi connectivity index (χ0v) is 10.4. The molecule has 7 heteroatoms. The van der Waals surface area contributed by atoms with E-state index in [9.17, 15) is 8.42 Å². The van der Waals surface area contributed by atoms with Gasteiger partial charge in [-0.25, -0.2) is 13.1 Å². The van der Waals surface area contributed by atoms with E-state index in [1.807, 2.05) is 0 Å². The van der Waals surface area contributed by atoms with Gasteiger partial charge in [0.1, 0.15) is 4.90 Å². The topological polar surface area (TPSA) is 79.3 Å². The predicted molar refractivity (Wildman–Crippen MR) is 58.8 cm³/mol. The molecule has 0 aliphatic heterocycles. The zero-order chi connectivity index (χ0) is 11.5. The molecular formula is C8H11BrN2O3S. The monoisotopic (exact) mass is 294 g/mol. The van der Waals surface area contributed by atoms with Gasteiger partial charge in [-0.05, 0) is 28.9 Å². The number of halogens is 1. The lowest BCUT2D eigenvalue weighted by Crippen LogP contribution is -2.30. The number of aliphatic hydroxyl groups excluding tert-OH is 1. The fourth-order valence-corrected chi connectivity index (χ4v) is 2.48. The Balaban J connectivity index is 2.87. The summed E-state index contributed by atoms with van der Waals surface area (Å²) in [7, 11) is -3.58. The van der Waals surface area contributed by atoms with E-state index in [0.717, 1.165) is 0 Å². The molecule has 1 aromatic rings. The number of sulfonamides is 1. The Morgan fingerprint density at radius 2 is 2.27 bits per heavy atom. The van der Waals surface area contributed by atoms with E-state index in [1.165, 1.54) is 25.4 Å². The number of rotatable bonds is 4. The van der Waals surface area contributed by atoms with Gasteiger partial charge in [0, 0.05) is 23.4 Å². The molecule has 0 saturated heterocycles. The van der Waals surface area contributed by atoms with Crippen molar-refractivity contribution in [2.24, 2.45) is 0 Å². The normalized spacial score (nSPS) is 13.8. The summed E-state index contributed by atoms with van der Waals surface area (Å²) in [6, 6.07) is 1.44. The van der Waals surface area contributed by atoms with Crippen LogP contribution in [0.25, 0.3) is 0 Å². The number of pyridine rings is 1. The molecule has 0 fully saturated rings. The lowest BCUT2D eigenvalue weighted by Gasteiger charge is -2.07. The second-order valence-electron chi connectivity index (χ2n) is 3.04. The summed E-state index contributed by atoms with van der Waals surface area (Å²) in [5.74, 6) is 0. The Morgan fingerprint density at radius 3 is 2.80 bits per heavy atom. The molecule has 1 heterocycles. The molecule has 5 nitrogen and oxygen atoms in total. The number of aliphatic hydroxyl groups is 1. The van der Waals surface area contributed by atoms with E-state index in [2.05, 4.69) is 25.6 Å². The standard InChI is InChI=1S/C8H11BrN2O3S/c1-6(12)3-11-15(13,14)8-2-7(9)4-10-5-8/h2,4-6,11-12H,3H2,1H3/t6-/m0/s1. The summed E-state index contributed by atoms with van der Waals surface area (Å²) in [4.78, 5) is 3.82. The van der Waals surface area contributed by atoms with Crippen LogP contribution in [0.1, 0.15) is 6.92 Å². The fourth-order valence-electron chi connectivity index (χ4n) is 0.853. The second kappa shape index (κ2) is 5.02. The van der Waals surface area contributed by atoms with E-state index in [4.69, 9.17) is 5.11 Å². The molecule has 0 aliphatic rings. The Labute approximate surface area is 96.7 Å². The molecule has 2 N–H and O–H groups in total. The minimum absolute atomic E-state index is 0.0190. The van der Waals surface area contributed by atoms with Gasteiger partial charge in [0.15, 0.2) is 0 Å². The number of aromatic nitrogens is 1. The number of nitrogens with zero attached hydrogens (tertiary/aromatic N) is 1. The minimum atomic E-state index is -3.58. The van der Waals surface area contributed by atoms with Gasteiger partial charge in [-0.2, -0.15) is 0 Å². The third-order valence-electron chi connectivity index (χ3n) is 1.56. The molecule has 0 spiro atoms. The van der Waals surface area contributed by atoms with E-state index in [-0.39, 0.29) is 11.4 Å². The molecule has 1 rings (SSSR count). The molecular weight excluding hydrogens is 284 g/mol. The van der Waals surface area contributed by atoms with Gasteiger partial charge >= 0.3 is 0 Å². The number of hydrogen-bond acceptors (Lipinski definition) is 4. The van der Waals surface area contributed by atoms with Crippen molar-refractivity contribution in [2.45, 2.75) is 17.9 Å². The molecule has 0 saturated carbocycles. The van der Waals surface area contributed by atoms with Crippen LogP contribution in [0.4, 0.5) is 0 Å². The first kappa shape index (κ1) is 12.6. The summed E-state index contributed by atoms with van der Waals surface area (Å²) in [6.45, 7) is 1.48. The highest BCUT2D eigenvalue weighted by Crippen LogP contribution is 2.13. The molecule has 0 bridgehead atoms. The van der Waals surface area contributed by atoms with Crippen LogP contribution >= 0.6 is 15.9 Å². The van der Waals surface area contributed by atoms with Crippen LogP contribution in [-0.4, -0.2) is 31.2 Å². The van der Waals surface area contributed by atoms with Crippen molar-refractivity contribution in [1.29, 1.82) is 0 Å². The van der Waals surface area contributed by atoms with Crippen molar-refractivity contribution in [1.82, 2.24) is 9.71 Å².